The summed E-state index contributed by atoms with van der Waals surface area (Å²) in [5.41, 5.74) is 3.26. The number of imide groups is 1. The molecule has 74 heavy (non-hydrogen) atoms. The largest absolute Gasteiger partial charge is 0.458 e. The Labute approximate surface area is 429 Å². The molecule has 0 radical (unpaired) electrons. The summed E-state index contributed by atoms with van der Waals surface area (Å²) in [7, 11) is 0. The Morgan fingerprint density at radius 2 is 1.61 bits per heavy atom. The van der Waals surface area contributed by atoms with Gasteiger partial charge in [0.05, 0.1) is 54.5 Å². The van der Waals surface area contributed by atoms with Gasteiger partial charge in [0.1, 0.15) is 18.5 Å². The molecule has 8 rings (SSSR count). The molecule has 0 spiro atoms. The molecule has 390 valence electrons. The van der Waals surface area contributed by atoms with Crippen LogP contribution in [0.15, 0.2) is 59.4 Å². The number of rotatable bonds is 23. The van der Waals surface area contributed by atoms with Gasteiger partial charge in [-0.15, -0.1) is 11.8 Å². The van der Waals surface area contributed by atoms with Crippen molar-refractivity contribution in [1.82, 2.24) is 46.4 Å². The number of thioether (sulfide) groups is 1. The summed E-state index contributed by atoms with van der Waals surface area (Å²) in [6.07, 6.45) is 5.49. The number of ether oxygens (including phenoxy) is 1. The van der Waals surface area contributed by atoms with Crippen molar-refractivity contribution in [3.05, 3.63) is 110 Å². The van der Waals surface area contributed by atoms with E-state index in [9.17, 15) is 48.3 Å². The highest BCUT2D eigenvalue weighted by molar-refractivity contribution is 7.99. The van der Waals surface area contributed by atoms with Crippen molar-refractivity contribution in [2.45, 2.75) is 96.1 Å². The molecule has 2 aromatic carbocycles. The van der Waals surface area contributed by atoms with Crippen LogP contribution in [0.1, 0.15) is 90.4 Å². The minimum Gasteiger partial charge on any atom is -0.458 e. The number of hydrogen-bond acceptors (Lipinski definition) is 14. The molecule has 5 heterocycles. The number of benzene rings is 2. The van der Waals surface area contributed by atoms with Gasteiger partial charge in [0.25, 0.3) is 17.4 Å². The number of carbonyl (C=O) groups excluding carboxylic acids is 8. The Bertz CT molecular complexity index is 3000. The molecule has 0 unspecified atom stereocenters. The number of aromatic nitrogens is 2. The number of hydrogen-bond donors (Lipinski definition) is 7. The van der Waals surface area contributed by atoms with Crippen LogP contribution in [0.25, 0.3) is 22.3 Å². The number of aryl methyl sites for hydroxylation is 1. The van der Waals surface area contributed by atoms with E-state index in [0.29, 0.717) is 66.9 Å². The lowest BCUT2D eigenvalue weighted by molar-refractivity contribution is -0.172. The van der Waals surface area contributed by atoms with Gasteiger partial charge in [-0.3, -0.25) is 43.3 Å². The zero-order chi connectivity index (χ0) is 52.7. The Kier molecular flexibility index (Phi) is 16.7. The molecule has 3 atom stereocenters. The summed E-state index contributed by atoms with van der Waals surface area (Å²) in [6, 6.07) is 10.7. The Morgan fingerprint density at radius 3 is 2.36 bits per heavy atom. The average molecular weight is 1040 g/mol. The van der Waals surface area contributed by atoms with Gasteiger partial charge in [0.2, 0.25) is 29.5 Å². The van der Waals surface area contributed by atoms with Crippen molar-refractivity contribution in [3.63, 3.8) is 0 Å². The molecule has 4 aromatic rings. The molecular weight excluding hydrogens is 978 g/mol. The fourth-order valence-corrected chi connectivity index (χ4v) is 10.5. The van der Waals surface area contributed by atoms with Gasteiger partial charge in [-0.2, -0.15) is 0 Å². The van der Waals surface area contributed by atoms with E-state index in [0.717, 1.165) is 32.5 Å². The fraction of sp³-hybridized carbons (Fsp3) is 0.423. The number of unbranched alkanes of at least 4 members (excludes halogenated alkanes) is 2. The molecule has 0 saturated carbocycles. The quantitative estimate of drug-likeness (QED) is 0.0211. The van der Waals surface area contributed by atoms with Gasteiger partial charge in [-0.05, 0) is 67.3 Å². The van der Waals surface area contributed by atoms with Crippen LogP contribution in [-0.2, 0) is 74.7 Å². The minimum atomic E-state index is -1.99. The molecule has 22 heteroatoms. The molecule has 3 aliphatic heterocycles. The number of halogens is 1. The molecule has 2 aromatic heterocycles. The third-order valence-corrected chi connectivity index (χ3v) is 14.7. The van der Waals surface area contributed by atoms with Crippen LogP contribution in [0, 0.1) is 12.7 Å². The standard InChI is InChI=1S/C52H58FN9O11S/c1-3-52(72)34-21-39-48-32(26-62(39)50(70)33(34)27-73-51(52)71)47-36(14-13-31-29(2)35(53)22-37(60-48)46(31)47)54-17-19-74-28-58-42(65)24-57-49(69)38(20-30-10-6-4-7-11-30)59-43(66)25-56-41(64)23-55-40(63)12-8-5-9-18-61-44(67)15-16-45(61)68/h4,6-7,10-11,15-16,21-22,36,38,54,72H,3,5,8-9,12-14,17-20,23-28H2,1-2H3,(H,55,63)(H,56,64)(H,57,69)(H,58,65)(H,59,66)/t36-,38-,52-/m0/s1. The molecule has 20 nitrogen and oxygen atoms in total. The van der Waals surface area contributed by atoms with Crippen LogP contribution >= 0.6 is 11.8 Å². The number of amides is 7. The van der Waals surface area contributed by atoms with E-state index < -0.39 is 47.8 Å². The number of nitrogens with zero attached hydrogens (tertiary/aromatic N) is 3. The van der Waals surface area contributed by atoms with Gasteiger partial charge < -0.3 is 46.3 Å². The summed E-state index contributed by atoms with van der Waals surface area (Å²) in [4.78, 5) is 120. The van der Waals surface area contributed by atoms with Gasteiger partial charge in [0, 0.05) is 72.5 Å². The number of fused-ring (bicyclic) bond motifs is 5. The normalized spacial score (nSPS) is 17.5. The Hall–Kier alpha value is -7.30. The first kappa shape index (κ1) is 53.0. The third kappa shape index (κ3) is 11.6. The predicted molar refractivity (Wildman–Crippen MR) is 269 cm³/mol. The Balaban J connectivity index is 0.791. The van der Waals surface area contributed by atoms with Crippen LogP contribution < -0.4 is 37.5 Å². The molecule has 1 aliphatic carbocycles. The highest BCUT2D eigenvalue weighted by Gasteiger charge is 2.46. The first-order chi connectivity index (χ1) is 35.6. The second-order valence-corrected chi connectivity index (χ2v) is 19.7. The topological polar surface area (TPSA) is 276 Å². The van der Waals surface area contributed by atoms with Crippen molar-refractivity contribution in [3.8, 4) is 11.4 Å². The van der Waals surface area contributed by atoms with E-state index in [4.69, 9.17) is 9.72 Å². The molecule has 0 saturated heterocycles. The summed E-state index contributed by atoms with van der Waals surface area (Å²) in [6.45, 7) is 2.88. The van der Waals surface area contributed by atoms with E-state index in [1.54, 1.807) is 54.8 Å². The van der Waals surface area contributed by atoms with Gasteiger partial charge in [-0.25, -0.2) is 14.2 Å². The molecule has 7 N–H and O–H groups in total. The van der Waals surface area contributed by atoms with E-state index >= 15 is 4.39 Å². The zero-order valence-corrected chi connectivity index (χ0v) is 41.8. The number of esters is 1. The van der Waals surface area contributed by atoms with Crippen LogP contribution in [0.3, 0.4) is 0 Å². The number of nitrogens with one attached hydrogen (secondary N) is 6. The SMILES string of the molecule is CC[C@@]1(O)C(=O)OCc2c1cc1n(c2=O)Cc2c-1nc1cc(F)c(C)c3c1c2[C@@H](NCCSCNC(=O)CNC(=O)[C@H](Cc1ccccc1)NC(=O)CNC(=O)CNC(=O)CCCCCN1C(=O)C=CC1=O)CC3. The third-order valence-electron chi connectivity index (χ3n) is 13.8. The predicted octanol–water partition coefficient (Wildman–Crippen LogP) is 1.47. The molecule has 4 aliphatic rings. The second-order valence-electron chi connectivity index (χ2n) is 18.6. The number of carbonyl (C=O) groups is 8. The summed E-state index contributed by atoms with van der Waals surface area (Å²) in [5.74, 6) is -3.88. The van der Waals surface area contributed by atoms with Crippen molar-refractivity contribution in [1.29, 1.82) is 0 Å². The number of aliphatic hydroxyl groups is 1. The van der Waals surface area contributed by atoms with Crippen LogP contribution in [-0.4, -0.2) is 117 Å². The summed E-state index contributed by atoms with van der Waals surface area (Å²) >= 11 is 1.44. The molecular formula is C52H58FN9O11S. The first-order valence-corrected chi connectivity index (χ1v) is 25.8. The van der Waals surface area contributed by atoms with E-state index in [1.165, 1.54) is 30.0 Å². The maximum atomic E-state index is 15.4. The smallest absolute Gasteiger partial charge is 0.343 e. The van der Waals surface area contributed by atoms with E-state index in [2.05, 4.69) is 31.9 Å². The second kappa shape index (κ2) is 23.3. The van der Waals surface area contributed by atoms with Crippen LogP contribution in [0.2, 0.25) is 0 Å². The van der Waals surface area contributed by atoms with Gasteiger partial charge in [0.15, 0.2) is 5.60 Å². The number of pyridine rings is 2. The minimum absolute atomic E-state index is 0.000867. The van der Waals surface area contributed by atoms with Crippen molar-refractivity contribution >= 4 is 70.0 Å². The average Bonchev–Trinajstić information content (AvgIpc) is 3.95. The number of cyclic esters (lactones) is 1. The monoisotopic (exact) mass is 1040 g/mol. The lowest BCUT2D eigenvalue weighted by Crippen LogP contribution is -2.52. The van der Waals surface area contributed by atoms with Crippen LogP contribution in [0.4, 0.5) is 4.39 Å². The summed E-state index contributed by atoms with van der Waals surface area (Å²) in [5, 5.41) is 28.7. The maximum absolute atomic E-state index is 15.4. The highest BCUT2D eigenvalue weighted by atomic mass is 32.2. The van der Waals surface area contributed by atoms with Crippen molar-refractivity contribution in [2.24, 2.45) is 0 Å². The first-order valence-electron chi connectivity index (χ1n) is 24.6. The van der Waals surface area contributed by atoms with Crippen molar-refractivity contribution < 1.29 is 52.6 Å². The summed E-state index contributed by atoms with van der Waals surface area (Å²) < 4.78 is 22.2. The van der Waals surface area contributed by atoms with E-state index in [1.807, 2.05) is 0 Å². The Morgan fingerprint density at radius 1 is 0.892 bits per heavy atom. The lowest BCUT2D eigenvalue weighted by atomic mass is 9.81. The van der Waals surface area contributed by atoms with Gasteiger partial charge >= 0.3 is 5.97 Å². The molecule has 0 bridgehead atoms. The van der Waals surface area contributed by atoms with Crippen molar-refractivity contribution in [2.75, 3.05) is 44.4 Å². The maximum Gasteiger partial charge on any atom is 0.343 e. The van der Waals surface area contributed by atoms with Crippen LogP contribution in [0.5, 0.6) is 0 Å². The lowest BCUT2D eigenvalue weighted by Gasteiger charge is -2.31. The zero-order valence-electron chi connectivity index (χ0n) is 41.0. The molecule has 7 amide bonds. The van der Waals surface area contributed by atoms with Gasteiger partial charge in [-0.1, -0.05) is 43.7 Å². The van der Waals surface area contributed by atoms with E-state index in [-0.39, 0.29) is 104 Å². The fourth-order valence-electron chi connectivity index (χ4n) is 9.82. The highest BCUT2D eigenvalue weighted by Crippen LogP contribution is 2.46. The molecule has 0 fully saturated rings.